The van der Waals surface area contributed by atoms with Gasteiger partial charge in [-0.05, 0) is 169 Å². The van der Waals surface area contributed by atoms with Crippen LogP contribution in [0.1, 0.15) is 157 Å². The monoisotopic (exact) mass is 1100 g/mol. The number of hydrogen-bond acceptors (Lipinski definition) is 4. The Hall–Kier alpha value is -7.96. The van der Waals surface area contributed by atoms with Crippen LogP contribution in [0.5, 0.6) is 0 Å². The summed E-state index contributed by atoms with van der Waals surface area (Å²) in [6, 6.07) is 59.8. The minimum absolute atomic E-state index is 0.0107. The van der Waals surface area contributed by atoms with Crippen LogP contribution in [0.25, 0.3) is 82.5 Å². The maximum Gasteiger partial charge on any atom is 0.198 e. The van der Waals surface area contributed by atoms with Crippen LogP contribution < -0.4 is 21.1 Å². The molecule has 0 amide bonds. The van der Waals surface area contributed by atoms with Crippen LogP contribution in [-0.4, -0.2) is 11.8 Å². The summed E-state index contributed by atoms with van der Waals surface area (Å²) in [5.41, 5.74) is 24.6. The molecule has 0 saturated carbocycles. The van der Waals surface area contributed by atoms with Crippen molar-refractivity contribution >= 4 is 112 Å². The largest absolute Gasteiger partial charge is 0.456 e. The van der Waals surface area contributed by atoms with Crippen LogP contribution in [0, 0.1) is 0 Å². The number of nitrogens with one attached hydrogen (secondary N) is 1. The number of hydrogen-bond donors (Lipinski definition) is 1. The van der Waals surface area contributed by atoms with Gasteiger partial charge in [-0.3, -0.25) is 0 Å². The van der Waals surface area contributed by atoms with Crippen molar-refractivity contribution in [2.24, 2.45) is 0 Å². The molecule has 6 heteroatoms. The molecule has 1 aliphatic carbocycles. The summed E-state index contributed by atoms with van der Waals surface area (Å²) >= 11 is 0. The van der Waals surface area contributed by atoms with Gasteiger partial charge in [0, 0.05) is 83.5 Å². The topological polar surface area (TPSA) is 46.5 Å². The van der Waals surface area contributed by atoms with Gasteiger partial charge >= 0.3 is 0 Å². The summed E-state index contributed by atoms with van der Waals surface area (Å²) in [5, 5.41) is 10.9. The Morgan fingerprint density at radius 2 is 1.01 bits per heavy atom. The highest BCUT2D eigenvalue weighted by Crippen LogP contribution is 2.52. The molecule has 14 rings (SSSR count). The van der Waals surface area contributed by atoms with E-state index < -0.39 is 0 Å². The third-order valence-corrected chi connectivity index (χ3v) is 19.1. The number of anilines is 5. The Labute approximate surface area is 497 Å². The molecule has 0 saturated heterocycles. The smallest absolute Gasteiger partial charge is 0.198 e. The first kappa shape index (κ1) is 54.0. The van der Waals surface area contributed by atoms with Gasteiger partial charge in [-0.2, -0.15) is 0 Å². The third-order valence-electron chi connectivity index (χ3n) is 19.1. The Balaban J connectivity index is 1.09. The molecule has 4 heterocycles. The summed E-state index contributed by atoms with van der Waals surface area (Å²) < 4.78 is 17.1. The van der Waals surface area contributed by atoms with Crippen LogP contribution in [0.15, 0.2) is 167 Å². The van der Waals surface area contributed by atoms with Crippen molar-refractivity contribution in [2.75, 3.05) is 10.2 Å². The molecule has 84 heavy (non-hydrogen) atoms. The van der Waals surface area contributed by atoms with E-state index in [-0.39, 0.29) is 32.5 Å². The van der Waals surface area contributed by atoms with E-state index >= 15 is 0 Å². The molecule has 1 radical (unpaired) electrons. The number of nitrogens with zero attached hydrogens (tertiary/aromatic N) is 2. The van der Waals surface area contributed by atoms with Crippen molar-refractivity contribution in [1.82, 2.24) is 4.57 Å². The predicted molar refractivity (Wildman–Crippen MR) is 360 cm³/mol. The lowest BCUT2D eigenvalue weighted by Crippen LogP contribution is -2.37. The van der Waals surface area contributed by atoms with Crippen LogP contribution in [0.3, 0.4) is 0 Å². The molecule has 1 aliphatic heterocycles. The molecule has 12 aromatic rings. The quantitative estimate of drug-likeness (QED) is 0.169. The highest BCUT2D eigenvalue weighted by atomic mass is 16.3. The Kier molecular flexibility index (Phi) is 11.8. The molecule has 0 fully saturated rings. The summed E-state index contributed by atoms with van der Waals surface area (Å²) in [7, 11) is 2.45. The van der Waals surface area contributed by atoms with Crippen molar-refractivity contribution in [3.05, 3.63) is 191 Å². The average molecular weight is 1100 g/mol. The molecular weight excluding hydrogens is 1020 g/mol. The summed E-state index contributed by atoms with van der Waals surface area (Å²) in [6.45, 7) is 37.1. The fourth-order valence-corrected chi connectivity index (χ4v) is 13.8. The van der Waals surface area contributed by atoms with Crippen molar-refractivity contribution in [2.45, 2.75) is 156 Å². The summed E-state index contributed by atoms with van der Waals surface area (Å²) in [5.74, 6) is 0. The zero-order chi connectivity index (χ0) is 58.9. The lowest BCUT2D eigenvalue weighted by molar-refractivity contribution is 0.332. The fourth-order valence-electron chi connectivity index (χ4n) is 13.8. The van der Waals surface area contributed by atoms with E-state index in [1.54, 1.807) is 0 Å². The zero-order valence-electron chi connectivity index (χ0n) is 52.2. The Morgan fingerprint density at radius 3 is 1.62 bits per heavy atom. The second-order valence-electron chi connectivity index (χ2n) is 30.1. The molecule has 5 nitrogen and oxygen atoms in total. The van der Waals surface area contributed by atoms with Gasteiger partial charge < -0.3 is 23.6 Å². The second kappa shape index (κ2) is 18.3. The lowest BCUT2D eigenvalue weighted by atomic mass is 9.58. The van der Waals surface area contributed by atoms with Crippen molar-refractivity contribution in [3.8, 4) is 16.8 Å². The minimum atomic E-state index is -0.0927. The minimum Gasteiger partial charge on any atom is -0.456 e. The molecule has 421 valence electrons. The molecule has 2 aliphatic rings. The van der Waals surface area contributed by atoms with Crippen molar-refractivity contribution in [1.29, 1.82) is 0 Å². The molecule has 3 aromatic heterocycles. The van der Waals surface area contributed by atoms with E-state index in [1.165, 1.54) is 49.7 Å². The maximum atomic E-state index is 7.44. The molecule has 1 N–H and O–H groups in total. The van der Waals surface area contributed by atoms with Crippen LogP contribution >= 0.6 is 0 Å². The van der Waals surface area contributed by atoms with E-state index in [0.29, 0.717) is 0 Å². The number of aromatic nitrogens is 1. The first-order valence-corrected chi connectivity index (χ1v) is 30.5. The number of fused-ring (bicyclic) bond motifs is 13. The normalized spacial score (nSPS) is 15.1. The van der Waals surface area contributed by atoms with Crippen LogP contribution in [-0.2, 0) is 32.5 Å². The van der Waals surface area contributed by atoms with Crippen molar-refractivity contribution in [3.63, 3.8) is 0 Å². The summed E-state index contributed by atoms with van der Waals surface area (Å²) in [4.78, 5) is 2.43. The number of furan rings is 2. The van der Waals surface area contributed by atoms with E-state index in [1.807, 2.05) is 0 Å². The number of para-hydroxylation sites is 1. The first-order valence-electron chi connectivity index (χ1n) is 30.5. The third kappa shape index (κ3) is 8.62. The fraction of sp³-hybridized carbons (Fsp3) is 0.308. The van der Waals surface area contributed by atoms with Gasteiger partial charge in [0.15, 0.2) is 7.28 Å². The Morgan fingerprint density at radius 1 is 0.476 bits per heavy atom. The van der Waals surface area contributed by atoms with E-state index in [0.717, 1.165) is 118 Å². The van der Waals surface area contributed by atoms with Crippen LogP contribution in [0.4, 0.5) is 28.4 Å². The van der Waals surface area contributed by atoms with Gasteiger partial charge in [0.2, 0.25) is 0 Å². The number of benzene rings is 9. The molecule has 0 bridgehead atoms. The van der Waals surface area contributed by atoms with E-state index in [4.69, 9.17) is 8.83 Å². The molecule has 0 spiro atoms. The molecule has 0 unspecified atom stereocenters. The maximum absolute atomic E-state index is 7.44. The molecule has 0 atom stereocenters. The Bertz CT molecular complexity index is 4610. The average Bonchev–Trinajstić information content (AvgIpc) is 1.53. The van der Waals surface area contributed by atoms with Gasteiger partial charge in [0.25, 0.3) is 0 Å². The highest BCUT2D eigenvalue weighted by molar-refractivity contribution is 6.74. The number of rotatable bonds is 6. The highest BCUT2D eigenvalue weighted by Gasteiger charge is 2.39. The van der Waals surface area contributed by atoms with E-state index in [9.17, 15) is 0 Å². The predicted octanol–water partition coefficient (Wildman–Crippen LogP) is 21.0. The van der Waals surface area contributed by atoms with Gasteiger partial charge in [-0.25, -0.2) is 0 Å². The van der Waals surface area contributed by atoms with Crippen molar-refractivity contribution < 1.29 is 8.83 Å². The van der Waals surface area contributed by atoms with Crippen LogP contribution in [0.2, 0.25) is 0 Å². The zero-order valence-corrected chi connectivity index (χ0v) is 52.2. The van der Waals surface area contributed by atoms with Gasteiger partial charge in [-0.1, -0.05) is 183 Å². The second-order valence-corrected chi connectivity index (χ2v) is 30.1. The summed E-state index contributed by atoms with van der Waals surface area (Å²) in [6.07, 6.45) is 2.26. The van der Waals surface area contributed by atoms with E-state index in [2.05, 4.69) is 291 Å². The lowest BCUT2D eigenvalue weighted by Gasteiger charge is -2.41. The van der Waals surface area contributed by atoms with Gasteiger partial charge in [0.05, 0.1) is 11.2 Å². The van der Waals surface area contributed by atoms with Gasteiger partial charge in [0.1, 0.15) is 22.3 Å². The SMILES string of the molecule is CC(C)(C)c1ccc(Nc2cc3oc4cc5c(cc4c3cc2-c2c3c4c(c6cc(C(C)(C)C)ccc6n4-c4cc(N(c6ccc(C(C)(C)C)cc6)c6ccc(C(C)(C)C)cc6)ccc4[B]3)c3c2oc2ccccc23)C(C)(C)CCC5(C)C)cc1. The van der Waals surface area contributed by atoms with Gasteiger partial charge in [-0.15, -0.1) is 0 Å². The molecule has 9 aromatic carbocycles. The first-order chi connectivity index (χ1) is 39.6. The molecular formula is C78H79BN3O2. The standard InChI is InChI=1S/C78H79BN3O2/c1-73(2,3)45-21-28-49(29-22-45)80-61-44-66-54(55-42-58-59(43-65(55)83-66)78(15,16)38-37-77(58,13)14)41-56(61)69-70-71-67(68-53-19-17-18-20-64(53)84-72(68)69)57-39-48(76(10,11)12)27-36-62(57)82(71)63-40-52(34-35-60(63)79-70)81(50-30-23-46(24-31-50)74(4,5)6)51-32-25-47(26-33-51)75(7,8)9/h17-36,39-44,80H,37-38H2,1-16H3.